The van der Waals surface area contributed by atoms with Crippen molar-refractivity contribution in [3.63, 3.8) is 0 Å². The minimum absolute atomic E-state index is 0.0769. The Morgan fingerprint density at radius 3 is 2.31 bits per heavy atom. The molecule has 1 aliphatic rings. The van der Waals surface area contributed by atoms with Gasteiger partial charge in [0.05, 0.1) is 0 Å². The predicted molar refractivity (Wildman–Crippen MR) is 66.3 cm³/mol. The molecule has 0 atom stereocenters. The molecule has 0 spiro atoms. The van der Waals surface area contributed by atoms with Gasteiger partial charge in [-0.15, -0.1) is 0 Å². The zero-order valence-electron chi connectivity index (χ0n) is 10.7. The van der Waals surface area contributed by atoms with Gasteiger partial charge in [-0.3, -0.25) is 4.79 Å². The summed E-state index contributed by atoms with van der Waals surface area (Å²) in [6.07, 6.45) is 13.6. The molecule has 0 radical (unpaired) electrons. The first-order valence-electron chi connectivity index (χ1n) is 6.94. The molecule has 0 aliphatic heterocycles. The van der Waals surface area contributed by atoms with E-state index in [1.807, 2.05) is 0 Å². The van der Waals surface area contributed by atoms with Gasteiger partial charge in [0.2, 0.25) is 0 Å². The summed E-state index contributed by atoms with van der Waals surface area (Å²) in [5.74, 6) is 0. The molecule has 0 saturated heterocycles. The van der Waals surface area contributed by atoms with Gasteiger partial charge < -0.3 is 4.74 Å². The Morgan fingerprint density at radius 2 is 1.69 bits per heavy atom. The van der Waals surface area contributed by atoms with Crippen molar-refractivity contribution in [3.8, 4) is 0 Å². The molecule has 0 heterocycles. The summed E-state index contributed by atoms with van der Waals surface area (Å²) in [5.41, 5.74) is -0.0769. The van der Waals surface area contributed by atoms with Crippen LogP contribution >= 0.6 is 0 Å². The third-order valence-electron chi connectivity index (χ3n) is 3.80. The highest BCUT2D eigenvalue weighted by Gasteiger charge is 2.34. The van der Waals surface area contributed by atoms with Crippen LogP contribution in [-0.4, -0.2) is 12.1 Å². The van der Waals surface area contributed by atoms with Crippen molar-refractivity contribution in [2.24, 2.45) is 0 Å². The second-order valence-electron chi connectivity index (χ2n) is 5.12. The molecule has 1 fully saturated rings. The van der Waals surface area contributed by atoms with Gasteiger partial charge in [-0.2, -0.15) is 0 Å². The van der Waals surface area contributed by atoms with E-state index in [4.69, 9.17) is 4.74 Å². The molecular formula is C14H26O2. The highest BCUT2D eigenvalue weighted by atomic mass is 16.5. The molecule has 1 saturated carbocycles. The van der Waals surface area contributed by atoms with Crippen LogP contribution < -0.4 is 0 Å². The Morgan fingerprint density at radius 1 is 1.06 bits per heavy atom. The number of hydrogen-bond donors (Lipinski definition) is 0. The molecule has 94 valence electrons. The van der Waals surface area contributed by atoms with Crippen molar-refractivity contribution in [2.75, 3.05) is 0 Å². The van der Waals surface area contributed by atoms with E-state index < -0.39 is 0 Å². The Balaban J connectivity index is 2.11. The second-order valence-corrected chi connectivity index (χ2v) is 5.12. The largest absolute Gasteiger partial charge is 0.461 e. The Labute approximate surface area is 99.8 Å². The van der Waals surface area contributed by atoms with E-state index in [-0.39, 0.29) is 5.60 Å². The van der Waals surface area contributed by atoms with E-state index in [9.17, 15) is 4.79 Å². The zero-order chi connectivity index (χ0) is 11.7. The van der Waals surface area contributed by atoms with E-state index in [0.717, 1.165) is 19.3 Å². The summed E-state index contributed by atoms with van der Waals surface area (Å²) < 4.78 is 5.34. The number of hydrogen-bond acceptors (Lipinski definition) is 2. The Hall–Kier alpha value is -0.530. The predicted octanol–water partition coefficient (Wildman–Crippen LogP) is 4.22. The van der Waals surface area contributed by atoms with Crippen molar-refractivity contribution in [1.82, 2.24) is 0 Å². The minimum Gasteiger partial charge on any atom is -0.461 e. The summed E-state index contributed by atoms with van der Waals surface area (Å²) in [6.45, 7) is 2.90. The fourth-order valence-corrected chi connectivity index (χ4v) is 2.78. The van der Waals surface area contributed by atoms with Crippen molar-refractivity contribution < 1.29 is 9.53 Å². The molecule has 0 N–H and O–H groups in total. The number of unbranched alkanes of at least 4 members (excludes halogenated alkanes) is 5. The van der Waals surface area contributed by atoms with Gasteiger partial charge in [-0.05, 0) is 38.5 Å². The lowest BCUT2D eigenvalue weighted by molar-refractivity contribution is -0.143. The van der Waals surface area contributed by atoms with Crippen LogP contribution in [0.4, 0.5) is 0 Å². The van der Waals surface area contributed by atoms with E-state index in [0.29, 0.717) is 6.47 Å². The first kappa shape index (κ1) is 13.5. The molecule has 2 heteroatoms. The zero-order valence-corrected chi connectivity index (χ0v) is 10.7. The van der Waals surface area contributed by atoms with Crippen molar-refractivity contribution in [2.45, 2.75) is 83.2 Å². The van der Waals surface area contributed by atoms with Gasteiger partial charge in [0.25, 0.3) is 6.47 Å². The van der Waals surface area contributed by atoms with Gasteiger partial charge in [0.1, 0.15) is 5.60 Å². The minimum atomic E-state index is -0.0769. The molecular weight excluding hydrogens is 200 g/mol. The summed E-state index contributed by atoms with van der Waals surface area (Å²) in [5, 5.41) is 0. The fraction of sp³-hybridized carbons (Fsp3) is 0.929. The van der Waals surface area contributed by atoms with Crippen molar-refractivity contribution in [1.29, 1.82) is 0 Å². The third kappa shape index (κ3) is 4.54. The molecule has 2 nitrogen and oxygen atoms in total. The van der Waals surface area contributed by atoms with Crippen LogP contribution in [0.5, 0.6) is 0 Å². The van der Waals surface area contributed by atoms with Crippen LogP contribution in [0.1, 0.15) is 77.6 Å². The van der Waals surface area contributed by atoms with Gasteiger partial charge in [0, 0.05) is 0 Å². The SMILES string of the molecule is CCCCCCCCC1(OC=O)CCCC1. The van der Waals surface area contributed by atoms with Crippen molar-refractivity contribution in [3.05, 3.63) is 0 Å². The maximum Gasteiger partial charge on any atom is 0.293 e. The molecule has 0 amide bonds. The van der Waals surface area contributed by atoms with Gasteiger partial charge in [0.15, 0.2) is 0 Å². The average Bonchev–Trinajstić information content (AvgIpc) is 2.73. The molecule has 0 aromatic rings. The fourth-order valence-electron chi connectivity index (χ4n) is 2.78. The highest BCUT2D eigenvalue weighted by Crippen LogP contribution is 2.37. The second kappa shape index (κ2) is 7.70. The van der Waals surface area contributed by atoms with Gasteiger partial charge >= 0.3 is 0 Å². The van der Waals surface area contributed by atoms with Gasteiger partial charge in [-0.25, -0.2) is 0 Å². The van der Waals surface area contributed by atoms with E-state index in [1.54, 1.807) is 0 Å². The summed E-state index contributed by atoms with van der Waals surface area (Å²) >= 11 is 0. The lowest BCUT2D eigenvalue weighted by atomic mass is 9.94. The average molecular weight is 226 g/mol. The first-order chi connectivity index (χ1) is 7.83. The molecule has 0 aromatic heterocycles. The molecule has 0 unspecified atom stereocenters. The van der Waals surface area contributed by atoms with Gasteiger partial charge in [-0.1, -0.05) is 39.0 Å². The lowest BCUT2D eigenvalue weighted by Crippen LogP contribution is -2.28. The van der Waals surface area contributed by atoms with E-state index in [2.05, 4.69) is 6.92 Å². The molecule has 0 bridgehead atoms. The van der Waals surface area contributed by atoms with E-state index in [1.165, 1.54) is 51.4 Å². The topological polar surface area (TPSA) is 26.3 Å². The number of carbonyl (C=O) groups is 1. The molecule has 1 rings (SSSR count). The molecule has 0 aromatic carbocycles. The summed E-state index contributed by atoms with van der Waals surface area (Å²) in [6, 6.07) is 0. The van der Waals surface area contributed by atoms with Crippen LogP contribution in [0.2, 0.25) is 0 Å². The monoisotopic (exact) mass is 226 g/mol. The van der Waals surface area contributed by atoms with Crippen LogP contribution in [0.15, 0.2) is 0 Å². The maximum absolute atomic E-state index is 10.5. The smallest absolute Gasteiger partial charge is 0.293 e. The lowest BCUT2D eigenvalue weighted by Gasteiger charge is -2.26. The Bertz CT molecular complexity index is 183. The first-order valence-corrected chi connectivity index (χ1v) is 6.94. The third-order valence-corrected chi connectivity index (χ3v) is 3.80. The number of ether oxygens (including phenoxy) is 1. The molecule has 1 aliphatic carbocycles. The van der Waals surface area contributed by atoms with Crippen molar-refractivity contribution >= 4 is 6.47 Å². The normalized spacial score (nSPS) is 18.6. The van der Waals surface area contributed by atoms with Crippen LogP contribution in [0.3, 0.4) is 0 Å². The summed E-state index contributed by atoms with van der Waals surface area (Å²) in [7, 11) is 0. The van der Waals surface area contributed by atoms with E-state index >= 15 is 0 Å². The van der Waals surface area contributed by atoms with Crippen LogP contribution in [0.25, 0.3) is 0 Å². The molecule has 16 heavy (non-hydrogen) atoms. The van der Waals surface area contributed by atoms with Crippen LogP contribution in [-0.2, 0) is 9.53 Å². The summed E-state index contributed by atoms with van der Waals surface area (Å²) in [4.78, 5) is 10.5. The highest BCUT2D eigenvalue weighted by molar-refractivity contribution is 5.38. The quantitative estimate of drug-likeness (QED) is 0.434. The maximum atomic E-state index is 10.5. The standard InChI is InChI=1S/C14H26O2/c1-2-3-4-5-6-7-10-14(16-13-15)11-8-9-12-14/h13H,2-12H2,1H3. The number of rotatable bonds is 9. The number of carbonyl (C=O) groups excluding carboxylic acids is 1. The Kier molecular flexibility index (Phi) is 6.51. The van der Waals surface area contributed by atoms with Crippen LogP contribution in [0, 0.1) is 0 Å².